The Balaban J connectivity index is 2.21. The number of alkyl halides is 1. The highest BCUT2D eigenvalue weighted by atomic mass is 79.9. The predicted molar refractivity (Wildman–Crippen MR) is 75.0 cm³/mol. The molecule has 2 aromatic rings. The molecule has 0 unspecified atom stereocenters. The Morgan fingerprint density at radius 1 is 1.12 bits per heavy atom. The van der Waals surface area contributed by atoms with Gasteiger partial charge in [-0.3, -0.25) is 0 Å². The van der Waals surface area contributed by atoms with Crippen LogP contribution in [0.4, 0.5) is 0 Å². The molecular formula is C14H12BrClO. The van der Waals surface area contributed by atoms with Crippen LogP contribution < -0.4 is 4.74 Å². The van der Waals surface area contributed by atoms with Gasteiger partial charge in [-0.05, 0) is 48.4 Å². The van der Waals surface area contributed by atoms with E-state index in [9.17, 15) is 0 Å². The smallest absolute Gasteiger partial charge is 0.130 e. The topological polar surface area (TPSA) is 9.23 Å². The van der Waals surface area contributed by atoms with Crippen LogP contribution in [0.1, 0.15) is 11.1 Å². The van der Waals surface area contributed by atoms with E-state index in [1.807, 2.05) is 49.4 Å². The third-order valence-electron chi connectivity index (χ3n) is 2.44. The summed E-state index contributed by atoms with van der Waals surface area (Å²) >= 11 is 9.18. The van der Waals surface area contributed by atoms with Gasteiger partial charge < -0.3 is 4.74 Å². The zero-order valence-corrected chi connectivity index (χ0v) is 11.8. The number of halogens is 2. The zero-order chi connectivity index (χ0) is 12.3. The molecule has 1 nitrogen and oxygen atoms in total. The fourth-order valence-corrected chi connectivity index (χ4v) is 1.97. The first-order chi connectivity index (χ1) is 8.19. The van der Waals surface area contributed by atoms with Gasteiger partial charge in [-0.25, -0.2) is 0 Å². The summed E-state index contributed by atoms with van der Waals surface area (Å²) in [6.45, 7) is 2.02. The molecular weight excluding hydrogens is 300 g/mol. The standard InChI is InChI=1S/C14H12BrClO/c1-10-8-11(9-16)2-7-14(10)17-13-5-3-12(15)4-6-13/h2-8H,9H2,1H3. The van der Waals surface area contributed by atoms with Gasteiger partial charge in [0.25, 0.3) is 0 Å². The van der Waals surface area contributed by atoms with Gasteiger partial charge in [-0.15, -0.1) is 11.6 Å². The van der Waals surface area contributed by atoms with E-state index in [-0.39, 0.29) is 0 Å². The molecule has 3 heteroatoms. The van der Waals surface area contributed by atoms with E-state index >= 15 is 0 Å². The molecule has 88 valence electrons. The van der Waals surface area contributed by atoms with E-state index in [0.717, 1.165) is 27.1 Å². The Kier molecular flexibility index (Phi) is 4.08. The highest BCUT2D eigenvalue weighted by Gasteiger charge is 2.02. The SMILES string of the molecule is Cc1cc(CCl)ccc1Oc1ccc(Br)cc1. The molecule has 0 heterocycles. The minimum absolute atomic E-state index is 0.527. The second-order valence-electron chi connectivity index (χ2n) is 3.79. The predicted octanol–water partition coefficient (Wildman–Crippen LogP) is 5.29. The minimum Gasteiger partial charge on any atom is -0.457 e. The van der Waals surface area contributed by atoms with Crippen molar-refractivity contribution in [1.29, 1.82) is 0 Å². The monoisotopic (exact) mass is 310 g/mol. The maximum atomic E-state index is 5.80. The van der Waals surface area contributed by atoms with Crippen LogP contribution in [0.5, 0.6) is 11.5 Å². The van der Waals surface area contributed by atoms with E-state index < -0.39 is 0 Å². The second-order valence-corrected chi connectivity index (χ2v) is 4.97. The summed E-state index contributed by atoms with van der Waals surface area (Å²) in [5.41, 5.74) is 2.19. The van der Waals surface area contributed by atoms with Gasteiger partial charge in [0, 0.05) is 10.4 Å². The molecule has 0 atom stereocenters. The van der Waals surface area contributed by atoms with Crippen molar-refractivity contribution < 1.29 is 4.74 Å². The van der Waals surface area contributed by atoms with Gasteiger partial charge in [0.1, 0.15) is 11.5 Å². The maximum Gasteiger partial charge on any atom is 0.130 e. The average Bonchev–Trinajstić information content (AvgIpc) is 2.34. The van der Waals surface area contributed by atoms with Gasteiger partial charge in [-0.1, -0.05) is 28.1 Å². The first-order valence-electron chi connectivity index (χ1n) is 5.28. The van der Waals surface area contributed by atoms with Crippen LogP contribution in [0.3, 0.4) is 0 Å². The molecule has 0 amide bonds. The molecule has 0 bridgehead atoms. The molecule has 17 heavy (non-hydrogen) atoms. The lowest BCUT2D eigenvalue weighted by atomic mass is 10.1. The number of hydrogen-bond donors (Lipinski definition) is 0. The van der Waals surface area contributed by atoms with Crippen molar-refractivity contribution in [3.05, 3.63) is 58.1 Å². The maximum absolute atomic E-state index is 5.80. The van der Waals surface area contributed by atoms with E-state index in [1.54, 1.807) is 0 Å². The largest absolute Gasteiger partial charge is 0.457 e. The molecule has 0 fully saturated rings. The Labute approximate surface area is 115 Å². The number of rotatable bonds is 3. The van der Waals surface area contributed by atoms with Crippen LogP contribution in [-0.2, 0) is 5.88 Å². The van der Waals surface area contributed by atoms with E-state index in [0.29, 0.717) is 5.88 Å². The van der Waals surface area contributed by atoms with Crippen LogP contribution in [0.25, 0.3) is 0 Å². The molecule has 0 radical (unpaired) electrons. The van der Waals surface area contributed by atoms with Crippen LogP contribution >= 0.6 is 27.5 Å². The first kappa shape index (κ1) is 12.5. The fraction of sp³-hybridized carbons (Fsp3) is 0.143. The first-order valence-corrected chi connectivity index (χ1v) is 6.60. The van der Waals surface area contributed by atoms with Crippen LogP contribution in [0.15, 0.2) is 46.9 Å². The van der Waals surface area contributed by atoms with Crippen molar-refractivity contribution >= 4 is 27.5 Å². The molecule has 0 saturated carbocycles. The van der Waals surface area contributed by atoms with Crippen molar-refractivity contribution in [3.63, 3.8) is 0 Å². The van der Waals surface area contributed by atoms with Crippen molar-refractivity contribution in [2.75, 3.05) is 0 Å². The van der Waals surface area contributed by atoms with Crippen molar-refractivity contribution in [1.82, 2.24) is 0 Å². The lowest BCUT2D eigenvalue weighted by Gasteiger charge is -2.09. The van der Waals surface area contributed by atoms with Crippen LogP contribution in [-0.4, -0.2) is 0 Å². The molecule has 0 aliphatic rings. The summed E-state index contributed by atoms with van der Waals surface area (Å²) in [5.74, 6) is 2.22. The van der Waals surface area contributed by atoms with Crippen molar-refractivity contribution in [3.8, 4) is 11.5 Å². The van der Waals surface area contributed by atoms with Gasteiger partial charge in [0.05, 0.1) is 0 Å². The number of aryl methyl sites for hydroxylation is 1. The quantitative estimate of drug-likeness (QED) is 0.700. The molecule has 0 spiro atoms. The summed E-state index contributed by atoms with van der Waals surface area (Å²) in [4.78, 5) is 0. The van der Waals surface area contributed by atoms with E-state index in [4.69, 9.17) is 16.3 Å². The Morgan fingerprint density at radius 3 is 2.41 bits per heavy atom. The van der Waals surface area contributed by atoms with Crippen molar-refractivity contribution in [2.24, 2.45) is 0 Å². The Bertz CT molecular complexity index is 508. The highest BCUT2D eigenvalue weighted by molar-refractivity contribution is 9.10. The highest BCUT2D eigenvalue weighted by Crippen LogP contribution is 2.27. The van der Waals surface area contributed by atoms with Crippen LogP contribution in [0.2, 0.25) is 0 Å². The van der Waals surface area contributed by atoms with Crippen molar-refractivity contribution in [2.45, 2.75) is 12.8 Å². The van der Waals surface area contributed by atoms with Gasteiger partial charge in [0.2, 0.25) is 0 Å². The molecule has 0 N–H and O–H groups in total. The normalized spacial score (nSPS) is 10.3. The van der Waals surface area contributed by atoms with E-state index in [2.05, 4.69) is 15.9 Å². The number of ether oxygens (including phenoxy) is 1. The summed E-state index contributed by atoms with van der Waals surface area (Å²) in [7, 11) is 0. The molecule has 2 aromatic carbocycles. The van der Waals surface area contributed by atoms with Gasteiger partial charge >= 0.3 is 0 Å². The lowest BCUT2D eigenvalue weighted by molar-refractivity contribution is 0.478. The Morgan fingerprint density at radius 2 is 1.82 bits per heavy atom. The van der Waals surface area contributed by atoms with E-state index in [1.165, 1.54) is 0 Å². The fourth-order valence-electron chi connectivity index (χ4n) is 1.54. The molecule has 0 aromatic heterocycles. The average molecular weight is 312 g/mol. The summed E-state index contributed by atoms with van der Waals surface area (Å²) in [6.07, 6.45) is 0. The number of benzene rings is 2. The third kappa shape index (κ3) is 3.24. The van der Waals surface area contributed by atoms with Gasteiger partial charge in [-0.2, -0.15) is 0 Å². The number of hydrogen-bond acceptors (Lipinski definition) is 1. The molecule has 0 aliphatic heterocycles. The second kappa shape index (κ2) is 5.56. The zero-order valence-electron chi connectivity index (χ0n) is 9.41. The Hall–Kier alpha value is -0.990. The molecule has 0 saturated heterocycles. The summed E-state index contributed by atoms with van der Waals surface area (Å²) in [5, 5.41) is 0. The van der Waals surface area contributed by atoms with Crippen LogP contribution in [0, 0.1) is 6.92 Å². The third-order valence-corrected chi connectivity index (χ3v) is 3.27. The summed E-state index contributed by atoms with van der Waals surface area (Å²) < 4.78 is 6.84. The summed E-state index contributed by atoms with van der Waals surface area (Å²) in [6, 6.07) is 13.7. The molecule has 0 aliphatic carbocycles. The molecule has 2 rings (SSSR count). The van der Waals surface area contributed by atoms with Gasteiger partial charge in [0.15, 0.2) is 0 Å². The minimum atomic E-state index is 0.527. The lowest BCUT2D eigenvalue weighted by Crippen LogP contribution is -1.89.